The maximum Gasteiger partial charge on any atom is 0.250 e. The van der Waals surface area contributed by atoms with Crippen molar-refractivity contribution in [3.63, 3.8) is 0 Å². The largest absolute Gasteiger partial charge is 0.397 e. The highest BCUT2D eigenvalue weighted by Gasteiger charge is 2.08. The third-order valence-electron chi connectivity index (χ3n) is 2.48. The van der Waals surface area contributed by atoms with Crippen LogP contribution < -0.4 is 16.8 Å². The lowest BCUT2D eigenvalue weighted by molar-refractivity contribution is 0.100. The minimum atomic E-state index is -0.563. The van der Waals surface area contributed by atoms with Gasteiger partial charge in [-0.1, -0.05) is 0 Å². The van der Waals surface area contributed by atoms with E-state index in [2.05, 4.69) is 15.3 Å². The highest BCUT2D eigenvalue weighted by molar-refractivity contribution is 7.09. The van der Waals surface area contributed by atoms with Crippen molar-refractivity contribution in [2.45, 2.75) is 13.5 Å². The van der Waals surface area contributed by atoms with Crippen LogP contribution in [0.15, 0.2) is 17.8 Å². The van der Waals surface area contributed by atoms with Crippen LogP contribution in [0.25, 0.3) is 0 Å². The number of hydrogen-bond acceptors (Lipinski definition) is 6. The number of nitrogen functional groups attached to an aromatic ring is 1. The highest BCUT2D eigenvalue weighted by Crippen LogP contribution is 2.17. The standard InChI is InChI=1S/C11H13N5OS/c1-6-9(18-5-16-6)4-15-10-2-7(11(13)17)8(12)3-14-10/h2-3,5H,4,12H2,1H3,(H2,13,17)(H,14,15). The van der Waals surface area contributed by atoms with Gasteiger partial charge in [0, 0.05) is 4.88 Å². The van der Waals surface area contributed by atoms with Gasteiger partial charge in [0.2, 0.25) is 0 Å². The molecule has 0 bridgehead atoms. The molecule has 0 aliphatic heterocycles. The predicted octanol–water partition coefficient (Wildman–Crippen LogP) is 1.14. The van der Waals surface area contributed by atoms with Gasteiger partial charge < -0.3 is 16.8 Å². The van der Waals surface area contributed by atoms with Gasteiger partial charge in [0.15, 0.2) is 0 Å². The summed E-state index contributed by atoms with van der Waals surface area (Å²) in [7, 11) is 0. The van der Waals surface area contributed by atoms with Gasteiger partial charge in [-0.15, -0.1) is 11.3 Å². The lowest BCUT2D eigenvalue weighted by Gasteiger charge is -2.07. The van der Waals surface area contributed by atoms with E-state index in [9.17, 15) is 4.79 Å². The first-order valence-corrected chi connectivity index (χ1v) is 6.14. The van der Waals surface area contributed by atoms with Crippen molar-refractivity contribution in [3.8, 4) is 0 Å². The van der Waals surface area contributed by atoms with E-state index < -0.39 is 5.91 Å². The van der Waals surface area contributed by atoms with Gasteiger partial charge in [-0.25, -0.2) is 9.97 Å². The minimum Gasteiger partial charge on any atom is -0.397 e. The van der Waals surface area contributed by atoms with E-state index in [0.717, 1.165) is 10.6 Å². The number of aromatic nitrogens is 2. The molecule has 2 aromatic heterocycles. The van der Waals surface area contributed by atoms with E-state index in [1.165, 1.54) is 6.20 Å². The molecule has 2 heterocycles. The van der Waals surface area contributed by atoms with Crippen LogP contribution in [-0.2, 0) is 6.54 Å². The van der Waals surface area contributed by atoms with Gasteiger partial charge in [-0.2, -0.15) is 0 Å². The fourth-order valence-electron chi connectivity index (χ4n) is 1.44. The molecule has 7 heteroatoms. The molecule has 0 aliphatic rings. The lowest BCUT2D eigenvalue weighted by Crippen LogP contribution is -2.14. The van der Waals surface area contributed by atoms with Crippen LogP contribution in [0, 0.1) is 6.92 Å². The number of thiazole rings is 1. The molecule has 2 aromatic rings. The number of nitrogens with one attached hydrogen (secondary N) is 1. The molecule has 0 radical (unpaired) electrons. The van der Waals surface area contributed by atoms with E-state index in [4.69, 9.17) is 11.5 Å². The van der Waals surface area contributed by atoms with Gasteiger partial charge in [0.25, 0.3) is 5.91 Å². The zero-order valence-electron chi connectivity index (χ0n) is 9.80. The Morgan fingerprint density at radius 3 is 2.89 bits per heavy atom. The third kappa shape index (κ3) is 2.57. The Morgan fingerprint density at radius 1 is 1.50 bits per heavy atom. The van der Waals surface area contributed by atoms with Crippen molar-refractivity contribution in [1.82, 2.24) is 9.97 Å². The van der Waals surface area contributed by atoms with Crippen LogP contribution in [0.5, 0.6) is 0 Å². The molecule has 0 aromatic carbocycles. The zero-order chi connectivity index (χ0) is 13.1. The second-order valence-corrected chi connectivity index (χ2v) is 4.67. The number of amides is 1. The number of rotatable bonds is 4. The lowest BCUT2D eigenvalue weighted by atomic mass is 10.2. The molecule has 18 heavy (non-hydrogen) atoms. The second-order valence-electron chi connectivity index (χ2n) is 3.74. The summed E-state index contributed by atoms with van der Waals surface area (Å²) in [6.07, 6.45) is 1.42. The molecule has 6 nitrogen and oxygen atoms in total. The summed E-state index contributed by atoms with van der Waals surface area (Å²) in [6, 6.07) is 1.55. The quantitative estimate of drug-likeness (QED) is 0.766. The monoisotopic (exact) mass is 263 g/mol. The Balaban J connectivity index is 2.13. The molecule has 0 aliphatic carbocycles. The van der Waals surface area contributed by atoms with Crippen molar-refractivity contribution in [3.05, 3.63) is 33.9 Å². The number of anilines is 2. The van der Waals surface area contributed by atoms with E-state index in [1.807, 2.05) is 6.92 Å². The Hall–Kier alpha value is -2.15. The van der Waals surface area contributed by atoms with Crippen LogP contribution in [0.4, 0.5) is 11.5 Å². The third-order valence-corrected chi connectivity index (χ3v) is 3.41. The fourth-order valence-corrected chi connectivity index (χ4v) is 2.16. The summed E-state index contributed by atoms with van der Waals surface area (Å²) in [6.45, 7) is 2.55. The molecule has 0 atom stereocenters. The van der Waals surface area contributed by atoms with Crippen LogP contribution in [0.3, 0.4) is 0 Å². The Kier molecular flexibility index (Phi) is 3.42. The summed E-state index contributed by atoms with van der Waals surface area (Å²) in [4.78, 5) is 20.5. The average Bonchev–Trinajstić information content (AvgIpc) is 2.73. The summed E-state index contributed by atoms with van der Waals surface area (Å²) in [5.41, 5.74) is 14.1. The number of carbonyl (C=O) groups excluding carboxylic acids is 1. The smallest absolute Gasteiger partial charge is 0.250 e. The van der Waals surface area contributed by atoms with Crippen molar-refractivity contribution in [2.75, 3.05) is 11.1 Å². The van der Waals surface area contributed by atoms with Gasteiger partial charge in [0.05, 0.1) is 35.2 Å². The van der Waals surface area contributed by atoms with Crippen LogP contribution in [0.2, 0.25) is 0 Å². The van der Waals surface area contributed by atoms with Crippen molar-refractivity contribution < 1.29 is 4.79 Å². The minimum absolute atomic E-state index is 0.272. The van der Waals surface area contributed by atoms with Crippen molar-refractivity contribution in [1.29, 1.82) is 0 Å². The van der Waals surface area contributed by atoms with Crippen LogP contribution >= 0.6 is 11.3 Å². The number of aryl methyl sites for hydroxylation is 1. The number of nitrogens with two attached hydrogens (primary N) is 2. The number of carbonyl (C=O) groups is 1. The number of primary amides is 1. The first-order chi connectivity index (χ1) is 8.58. The van der Waals surface area contributed by atoms with E-state index in [1.54, 1.807) is 22.9 Å². The molecule has 0 saturated heterocycles. The van der Waals surface area contributed by atoms with E-state index in [0.29, 0.717) is 12.4 Å². The van der Waals surface area contributed by atoms with Gasteiger partial charge in [-0.05, 0) is 13.0 Å². The molecule has 0 spiro atoms. The first-order valence-electron chi connectivity index (χ1n) is 5.26. The molecule has 2 rings (SSSR count). The molecule has 94 valence electrons. The Labute approximate surface area is 108 Å². The first kappa shape index (κ1) is 12.3. The van der Waals surface area contributed by atoms with E-state index >= 15 is 0 Å². The van der Waals surface area contributed by atoms with Gasteiger partial charge in [-0.3, -0.25) is 4.79 Å². The number of hydrogen-bond donors (Lipinski definition) is 3. The molecule has 5 N–H and O–H groups in total. The normalized spacial score (nSPS) is 10.3. The summed E-state index contributed by atoms with van der Waals surface area (Å²) in [5.74, 6) is -0.00211. The molecular weight excluding hydrogens is 250 g/mol. The SMILES string of the molecule is Cc1ncsc1CNc1cc(C(N)=O)c(N)cn1. The predicted molar refractivity (Wildman–Crippen MR) is 71.3 cm³/mol. The molecule has 0 unspecified atom stereocenters. The summed E-state index contributed by atoms with van der Waals surface area (Å²) >= 11 is 1.56. The van der Waals surface area contributed by atoms with Crippen LogP contribution in [-0.4, -0.2) is 15.9 Å². The van der Waals surface area contributed by atoms with Crippen LogP contribution in [0.1, 0.15) is 20.9 Å². The molecule has 0 saturated carbocycles. The summed E-state index contributed by atoms with van der Waals surface area (Å²) < 4.78 is 0. The van der Waals surface area contributed by atoms with E-state index in [-0.39, 0.29) is 11.3 Å². The zero-order valence-corrected chi connectivity index (χ0v) is 10.6. The van der Waals surface area contributed by atoms with Gasteiger partial charge >= 0.3 is 0 Å². The van der Waals surface area contributed by atoms with Crippen molar-refractivity contribution >= 4 is 28.7 Å². The second kappa shape index (κ2) is 5.01. The van der Waals surface area contributed by atoms with Crippen molar-refractivity contribution in [2.24, 2.45) is 5.73 Å². The molecular formula is C11H13N5OS. The average molecular weight is 263 g/mol. The highest BCUT2D eigenvalue weighted by atomic mass is 32.1. The molecule has 0 fully saturated rings. The Morgan fingerprint density at radius 2 is 2.28 bits per heavy atom. The number of nitrogens with zero attached hydrogens (tertiary/aromatic N) is 2. The van der Waals surface area contributed by atoms with Gasteiger partial charge in [0.1, 0.15) is 5.82 Å². The Bertz CT molecular complexity index is 581. The fraction of sp³-hybridized carbons (Fsp3) is 0.182. The summed E-state index contributed by atoms with van der Waals surface area (Å²) in [5, 5.41) is 3.11. The molecule has 1 amide bonds. The number of pyridine rings is 1. The maximum absolute atomic E-state index is 11.1. The topological polar surface area (TPSA) is 107 Å². The maximum atomic E-state index is 11.1.